The van der Waals surface area contributed by atoms with Crippen LogP contribution >= 0.6 is 31.9 Å². The normalized spacial score (nSPS) is 10.7. The van der Waals surface area contributed by atoms with Crippen LogP contribution in [0, 0.1) is 0 Å². The Kier molecular flexibility index (Phi) is 4.82. The Labute approximate surface area is 169 Å². The number of carbonyl (C=O) groups excluding carboxylic acids is 1. The lowest BCUT2D eigenvalue weighted by Gasteiger charge is -2.01. The van der Waals surface area contributed by atoms with Gasteiger partial charge in [-0.25, -0.2) is 4.63 Å². The van der Waals surface area contributed by atoms with E-state index in [4.69, 9.17) is 9.15 Å². The summed E-state index contributed by atoms with van der Waals surface area (Å²) in [6, 6.07) is 14.3. The molecule has 0 saturated heterocycles. The first-order valence-corrected chi connectivity index (χ1v) is 9.18. The number of halogens is 2. The van der Waals surface area contributed by atoms with Crippen molar-refractivity contribution in [3.05, 3.63) is 63.0 Å². The predicted molar refractivity (Wildman–Crippen MR) is 103 cm³/mol. The highest BCUT2D eigenvalue weighted by Gasteiger charge is 2.21. The highest BCUT2D eigenvalue weighted by molar-refractivity contribution is 9.10. The first-order chi connectivity index (χ1) is 13.1. The lowest BCUT2D eigenvalue weighted by Crippen LogP contribution is -2.12. The van der Waals surface area contributed by atoms with E-state index in [1.54, 1.807) is 24.3 Å². The van der Waals surface area contributed by atoms with Crippen LogP contribution in [-0.2, 0) is 0 Å². The fourth-order valence-electron chi connectivity index (χ4n) is 2.23. The third-order valence-electron chi connectivity index (χ3n) is 3.56. The summed E-state index contributed by atoms with van der Waals surface area (Å²) in [6.45, 7) is 0. The molecule has 2 aromatic carbocycles. The van der Waals surface area contributed by atoms with Crippen molar-refractivity contribution in [3.63, 3.8) is 0 Å². The quantitative estimate of drug-likeness (QED) is 0.446. The van der Waals surface area contributed by atoms with Crippen molar-refractivity contribution in [1.29, 1.82) is 0 Å². The van der Waals surface area contributed by atoms with Gasteiger partial charge in [0.05, 0.1) is 0 Å². The van der Waals surface area contributed by atoms with Gasteiger partial charge in [0.25, 0.3) is 11.8 Å². The van der Waals surface area contributed by atoms with E-state index in [1.807, 2.05) is 24.3 Å². The van der Waals surface area contributed by atoms with Gasteiger partial charge >= 0.3 is 0 Å². The molecule has 0 aliphatic heterocycles. The number of aromatic nitrogens is 4. The van der Waals surface area contributed by atoms with Crippen LogP contribution in [0.2, 0.25) is 0 Å². The minimum Gasteiger partial charge on any atom is -0.334 e. The van der Waals surface area contributed by atoms with E-state index < -0.39 is 0 Å². The molecule has 10 heteroatoms. The molecule has 134 valence electrons. The summed E-state index contributed by atoms with van der Waals surface area (Å²) < 4.78 is 11.8. The highest BCUT2D eigenvalue weighted by Crippen LogP contribution is 2.26. The van der Waals surface area contributed by atoms with E-state index in [-0.39, 0.29) is 23.2 Å². The van der Waals surface area contributed by atoms with Crippen molar-refractivity contribution < 1.29 is 13.9 Å². The fourth-order valence-corrected chi connectivity index (χ4v) is 2.76. The average molecular weight is 491 g/mol. The maximum atomic E-state index is 12.4. The average Bonchev–Trinajstić information content (AvgIpc) is 3.32. The third-order valence-corrected chi connectivity index (χ3v) is 4.61. The molecular weight excluding hydrogens is 482 g/mol. The molecular formula is C17H9Br2N5O3. The number of hydrogen-bond acceptors (Lipinski definition) is 7. The second kappa shape index (κ2) is 7.41. The van der Waals surface area contributed by atoms with Gasteiger partial charge in [-0.3, -0.25) is 4.79 Å². The van der Waals surface area contributed by atoms with E-state index in [2.05, 4.69) is 57.6 Å². The Balaban J connectivity index is 1.58. The molecule has 4 aromatic rings. The molecule has 0 bridgehead atoms. The number of hydrogen-bond donors (Lipinski definition) is 1. The van der Waals surface area contributed by atoms with Gasteiger partial charge < -0.3 is 9.84 Å². The van der Waals surface area contributed by atoms with Crippen LogP contribution in [0.15, 0.2) is 66.6 Å². The summed E-state index contributed by atoms with van der Waals surface area (Å²) >= 11 is 6.69. The van der Waals surface area contributed by atoms with Gasteiger partial charge in [0.15, 0.2) is 5.69 Å². The summed E-state index contributed by atoms with van der Waals surface area (Å²) in [5, 5.41) is 14.0. The summed E-state index contributed by atoms with van der Waals surface area (Å²) in [7, 11) is 0. The van der Waals surface area contributed by atoms with Gasteiger partial charge in [0.2, 0.25) is 11.6 Å². The van der Waals surface area contributed by atoms with Crippen LogP contribution in [0.5, 0.6) is 0 Å². The monoisotopic (exact) mass is 489 g/mol. The van der Waals surface area contributed by atoms with E-state index in [9.17, 15) is 4.79 Å². The van der Waals surface area contributed by atoms with Gasteiger partial charge in [-0.2, -0.15) is 4.98 Å². The zero-order chi connectivity index (χ0) is 18.8. The minimum atomic E-state index is -0.365. The minimum absolute atomic E-state index is 0.103. The summed E-state index contributed by atoms with van der Waals surface area (Å²) in [5.74, 6) is 0.202. The molecule has 0 fully saturated rings. The van der Waals surface area contributed by atoms with Crippen molar-refractivity contribution in [3.8, 4) is 23.0 Å². The van der Waals surface area contributed by atoms with Crippen LogP contribution in [0.3, 0.4) is 0 Å². The van der Waals surface area contributed by atoms with Crippen molar-refractivity contribution in [2.24, 2.45) is 0 Å². The maximum absolute atomic E-state index is 12.4. The molecule has 27 heavy (non-hydrogen) atoms. The topological polar surface area (TPSA) is 107 Å². The smallest absolute Gasteiger partial charge is 0.258 e. The lowest BCUT2D eigenvalue weighted by molar-refractivity contribution is 0.102. The number of anilines is 1. The summed E-state index contributed by atoms with van der Waals surface area (Å²) in [4.78, 5) is 16.7. The number of benzene rings is 2. The van der Waals surface area contributed by atoms with Gasteiger partial charge in [-0.05, 0) is 58.8 Å². The molecule has 2 heterocycles. The van der Waals surface area contributed by atoms with Crippen LogP contribution < -0.4 is 5.32 Å². The number of rotatable bonds is 4. The Hall–Kier alpha value is -2.85. The molecule has 0 saturated carbocycles. The fraction of sp³-hybridized carbons (Fsp3) is 0. The second-order valence-corrected chi connectivity index (χ2v) is 7.18. The van der Waals surface area contributed by atoms with Gasteiger partial charge in [-0.15, -0.1) is 0 Å². The SMILES string of the molecule is O=C(Nc1nonc1-c1noc(-c2ccc(Br)cc2)n1)c1ccc(Br)cc1. The molecule has 0 atom stereocenters. The Morgan fingerprint density at radius 2 is 1.56 bits per heavy atom. The van der Waals surface area contributed by atoms with E-state index in [0.29, 0.717) is 11.5 Å². The summed E-state index contributed by atoms with van der Waals surface area (Å²) in [6.07, 6.45) is 0. The van der Waals surface area contributed by atoms with Crippen molar-refractivity contribution >= 4 is 43.6 Å². The molecule has 0 aliphatic carbocycles. The van der Waals surface area contributed by atoms with Crippen molar-refractivity contribution in [2.45, 2.75) is 0 Å². The number of carbonyl (C=O) groups is 1. The Morgan fingerprint density at radius 3 is 2.26 bits per heavy atom. The first kappa shape index (κ1) is 17.6. The predicted octanol–water partition coefficient (Wildman–Crippen LogP) is 4.56. The molecule has 0 aliphatic rings. The molecule has 1 amide bonds. The van der Waals surface area contributed by atoms with Crippen molar-refractivity contribution in [2.75, 3.05) is 5.32 Å². The molecule has 1 N–H and O–H groups in total. The zero-order valence-electron chi connectivity index (χ0n) is 13.4. The molecule has 8 nitrogen and oxygen atoms in total. The van der Waals surface area contributed by atoms with Gasteiger partial charge in [-0.1, -0.05) is 37.0 Å². The summed E-state index contributed by atoms with van der Waals surface area (Å²) in [5.41, 5.74) is 1.37. The van der Waals surface area contributed by atoms with Gasteiger partial charge in [0.1, 0.15) is 0 Å². The van der Waals surface area contributed by atoms with Crippen LogP contribution in [-0.4, -0.2) is 26.4 Å². The largest absolute Gasteiger partial charge is 0.334 e. The van der Waals surface area contributed by atoms with E-state index in [0.717, 1.165) is 14.5 Å². The Bertz CT molecular complexity index is 1090. The molecule has 2 aromatic heterocycles. The first-order valence-electron chi connectivity index (χ1n) is 7.59. The van der Waals surface area contributed by atoms with E-state index >= 15 is 0 Å². The third kappa shape index (κ3) is 3.81. The standard InChI is InChI=1S/C17H9Br2N5O3/c18-11-5-1-9(2-6-11)16(25)20-14-13(22-27-24-14)15-21-17(26-23-15)10-3-7-12(19)8-4-10/h1-8H,(H,20,24,25). The van der Waals surface area contributed by atoms with Crippen LogP contribution in [0.1, 0.15) is 10.4 Å². The van der Waals surface area contributed by atoms with Crippen molar-refractivity contribution in [1.82, 2.24) is 20.5 Å². The lowest BCUT2D eigenvalue weighted by atomic mass is 10.2. The zero-order valence-corrected chi connectivity index (χ0v) is 16.6. The molecule has 0 spiro atoms. The number of nitrogens with one attached hydrogen (secondary N) is 1. The molecule has 0 radical (unpaired) electrons. The van der Waals surface area contributed by atoms with Gasteiger partial charge in [0, 0.05) is 20.1 Å². The van der Waals surface area contributed by atoms with Crippen LogP contribution in [0.4, 0.5) is 5.82 Å². The highest BCUT2D eigenvalue weighted by atomic mass is 79.9. The van der Waals surface area contributed by atoms with Crippen LogP contribution in [0.25, 0.3) is 23.0 Å². The Morgan fingerprint density at radius 1 is 0.889 bits per heavy atom. The molecule has 0 unspecified atom stereocenters. The number of nitrogens with zero attached hydrogens (tertiary/aromatic N) is 4. The second-order valence-electron chi connectivity index (χ2n) is 5.35. The van der Waals surface area contributed by atoms with E-state index in [1.165, 1.54) is 0 Å². The maximum Gasteiger partial charge on any atom is 0.258 e. The number of amides is 1. The molecule has 4 rings (SSSR count).